The molecule has 0 radical (unpaired) electrons. The molecule has 0 saturated heterocycles. The lowest BCUT2D eigenvalue weighted by molar-refractivity contribution is 0.0998. The average Bonchev–Trinajstić information content (AvgIpc) is 2.99. The standard InChI is InChI=1S/C21H12Cl2N2OS/c1-2-11-25-18-10-7-13-5-3-4-6-15(13)19(18)27-21(25)24-20(26)16-9-8-14(22)12-17(16)23/h1,3-10,12H,11H2. The number of terminal acetylenes is 1. The summed E-state index contributed by atoms with van der Waals surface area (Å²) in [5.74, 6) is 2.21. The molecule has 4 rings (SSSR count). The number of benzene rings is 3. The third-order valence-corrected chi connectivity index (χ3v) is 5.86. The monoisotopic (exact) mass is 410 g/mol. The highest BCUT2D eigenvalue weighted by Crippen LogP contribution is 2.28. The first-order chi connectivity index (χ1) is 13.1. The summed E-state index contributed by atoms with van der Waals surface area (Å²) >= 11 is 13.5. The van der Waals surface area contributed by atoms with Gasteiger partial charge in [0.2, 0.25) is 0 Å². The van der Waals surface area contributed by atoms with Gasteiger partial charge in [-0.25, -0.2) is 0 Å². The summed E-state index contributed by atoms with van der Waals surface area (Å²) in [5, 5.41) is 2.96. The zero-order valence-corrected chi connectivity index (χ0v) is 16.3. The van der Waals surface area contributed by atoms with Crippen LogP contribution in [0.5, 0.6) is 0 Å². The Kier molecular flexibility index (Phi) is 4.75. The Morgan fingerprint density at radius 1 is 1.15 bits per heavy atom. The first-order valence-corrected chi connectivity index (χ1v) is 9.64. The zero-order chi connectivity index (χ0) is 19.0. The van der Waals surface area contributed by atoms with Crippen molar-refractivity contribution in [2.75, 3.05) is 0 Å². The van der Waals surface area contributed by atoms with E-state index in [1.165, 1.54) is 17.4 Å². The van der Waals surface area contributed by atoms with Gasteiger partial charge in [0.25, 0.3) is 5.91 Å². The molecule has 0 saturated carbocycles. The van der Waals surface area contributed by atoms with E-state index in [4.69, 9.17) is 29.6 Å². The van der Waals surface area contributed by atoms with Gasteiger partial charge in [-0.2, -0.15) is 4.99 Å². The topological polar surface area (TPSA) is 34.4 Å². The first kappa shape index (κ1) is 17.8. The number of hydrogen-bond donors (Lipinski definition) is 0. The molecule has 0 N–H and O–H groups in total. The smallest absolute Gasteiger partial charge is 0.281 e. The molecule has 0 unspecified atom stereocenters. The molecular formula is C21H12Cl2N2OS. The lowest BCUT2D eigenvalue weighted by atomic mass is 10.1. The first-order valence-electron chi connectivity index (χ1n) is 8.07. The molecule has 1 heterocycles. The second-order valence-corrected chi connectivity index (χ2v) is 7.67. The molecule has 27 heavy (non-hydrogen) atoms. The molecule has 0 aliphatic rings. The van der Waals surface area contributed by atoms with Crippen LogP contribution in [-0.4, -0.2) is 10.5 Å². The van der Waals surface area contributed by atoms with Crippen molar-refractivity contribution in [3.05, 3.63) is 75.0 Å². The predicted molar refractivity (Wildman–Crippen MR) is 113 cm³/mol. The molecule has 1 aromatic heterocycles. The number of carbonyl (C=O) groups excluding carboxylic acids is 1. The number of nitrogens with zero attached hydrogens (tertiary/aromatic N) is 2. The predicted octanol–water partition coefficient (Wildman–Crippen LogP) is 5.54. The number of aromatic nitrogens is 1. The molecule has 0 aliphatic heterocycles. The summed E-state index contributed by atoms with van der Waals surface area (Å²) < 4.78 is 2.91. The zero-order valence-electron chi connectivity index (χ0n) is 13.9. The Labute approximate surface area is 169 Å². The molecule has 4 aromatic rings. The van der Waals surface area contributed by atoms with Gasteiger partial charge in [-0.05, 0) is 29.7 Å². The van der Waals surface area contributed by atoms with E-state index in [9.17, 15) is 4.79 Å². The highest BCUT2D eigenvalue weighted by atomic mass is 35.5. The van der Waals surface area contributed by atoms with Crippen LogP contribution in [-0.2, 0) is 6.54 Å². The molecule has 132 valence electrons. The van der Waals surface area contributed by atoms with Crippen LogP contribution in [0.4, 0.5) is 0 Å². The van der Waals surface area contributed by atoms with Crippen LogP contribution in [0.2, 0.25) is 10.0 Å². The third-order valence-electron chi connectivity index (χ3n) is 4.18. The van der Waals surface area contributed by atoms with Gasteiger partial charge in [0.15, 0.2) is 4.80 Å². The van der Waals surface area contributed by atoms with Crippen LogP contribution < -0.4 is 4.80 Å². The Morgan fingerprint density at radius 2 is 1.96 bits per heavy atom. The van der Waals surface area contributed by atoms with Crippen molar-refractivity contribution >= 4 is 61.4 Å². The number of rotatable bonds is 2. The van der Waals surface area contributed by atoms with E-state index < -0.39 is 5.91 Å². The van der Waals surface area contributed by atoms with E-state index in [0.717, 1.165) is 21.0 Å². The normalized spacial score (nSPS) is 11.8. The number of thiazole rings is 1. The van der Waals surface area contributed by atoms with Gasteiger partial charge in [-0.1, -0.05) is 70.8 Å². The largest absolute Gasteiger partial charge is 0.305 e. The number of carbonyl (C=O) groups is 1. The van der Waals surface area contributed by atoms with Gasteiger partial charge in [-0.15, -0.1) is 6.42 Å². The Morgan fingerprint density at radius 3 is 2.74 bits per heavy atom. The maximum atomic E-state index is 12.7. The third kappa shape index (κ3) is 3.26. The number of fused-ring (bicyclic) bond motifs is 3. The van der Waals surface area contributed by atoms with E-state index in [-0.39, 0.29) is 5.02 Å². The van der Waals surface area contributed by atoms with Crippen LogP contribution >= 0.6 is 34.5 Å². The molecule has 0 spiro atoms. The van der Waals surface area contributed by atoms with Gasteiger partial charge in [-0.3, -0.25) is 4.79 Å². The minimum absolute atomic E-state index is 0.270. The van der Waals surface area contributed by atoms with E-state index in [1.807, 2.05) is 28.8 Å². The highest BCUT2D eigenvalue weighted by Gasteiger charge is 2.13. The fourth-order valence-electron chi connectivity index (χ4n) is 2.94. The minimum atomic E-state index is -0.432. The Balaban J connectivity index is 1.96. The summed E-state index contributed by atoms with van der Waals surface area (Å²) in [6.07, 6.45) is 5.55. The van der Waals surface area contributed by atoms with Gasteiger partial charge in [0.05, 0.1) is 27.3 Å². The molecule has 3 aromatic carbocycles. The lowest BCUT2D eigenvalue weighted by Gasteiger charge is -2.02. The minimum Gasteiger partial charge on any atom is -0.305 e. The fourth-order valence-corrected chi connectivity index (χ4v) is 4.59. The second kappa shape index (κ2) is 7.21. The van der Waals surface area contributed by atoms with Crippen LogP contribution in [0, 0.1) is 12.3 Å². The van der Waals surface area contributed by atoms with Crippen LogP contribution in [0.3, 0.4) is 0 Å². The van der Waals surface area contributed by atoms with Crippen molar-refractivity contribution in [2.45, 2.75) is 6.54 Å². The van der Waals surface area contributed by atoms with E-state index in [1.54, 1.807) is 12.1 Å². The van der Waals surface area contributed by atoms with Crippen molar-refractivity contribution in [2.24, 2.45) is 4.99 Å². The van der Waals surface area contributed by atoms with E-state index in [0.29, 0.717) is 21.9 Å². The second-order valence-electron chi connectivity index (χ2n) is 5.85. The quantitative estimate of drug-likeness (QED) is 0.399. The fraction of sp³-hybridized carbons (Fsp3) is 0.0476. The molecule has 0 bridgehead atoms. The van der Waals surface area contributed by atoms with Gasteiger partial charge in [0, 0.05) is 10.4 Å². The molecule has 6 heteroatoms. The van der Waals surface area contributed by atoms with Crippen molar-refractivity contribution in [3.63, 3.8) is 0 Å². The SMILES string of the molecule is C#CCn1c(=NC(=O)c2ccc(Cl)cc2Cl)sc2c3ccccc3ccc21. The highest BCUT2D eigenvalue weighted by molar-refractivity contribution is 7.17. The summed E-state index contributed by atoms with van der Waals surface area (Å²) in [6, 6.07) is 16.8. The maximum Gasteiger partial charge on any atom is 0.281 e. The molecule has 1 amide bonds. The van der Waals surface area contributed by atoms with Crippen LogP contribution in [0.25, 0.3) is 21.0 Å². The summed E-state index contributed by atoms with van der Waals surface area (Å²) in [5.41, 5.74) is 1.25. The summed E-state index contributed by atoms with van der Waals surface area (Å²) in [4.78, 5) is 17.5. The van der Waals surface area contributed by atoms with E-state index >= 15 is 0 Å². The Hall–Kier alpha value is -2.58. The molecule has 3 nitrogen and oxygen atoms in total. The molecule has 0 fully saturated rings. The lowest BCUT2D eigenvalue weighted by Crippen LogP contribution is -2.16. The number of hydrogen-bond acceptors (Lipinski definition) is 2. The van der Waals surface area contributed by atoms with Gasteiger partial charge < -0.3 is 4.57 Å². The van der Waals surface area contributed by atoms with Crippen molar-refractivity contribution in [3.8, 4) is 12.3 Å². The van der Waals surface area contributed by atoms with Crippen LogP contribution in [0.1, 0.15) is 10.4 Å². The maximum absolute atomic E-state index is 12.7. The van der Waals surface area contributed by atoms with Crippen LogP contribution in [0.15, 0.2) is 59.6 Å². The summed E-state index contributed by atoms with van der Waals surface area (Å²) in [6.45, 7) is 0.318. The Bertz CT molecular complexity index is 1310. The van der Waals surface area contributed by atoms with Crippen molar-refractivity contribution in [1.29, 1.82) is 0 Å². The van der Waals surface area contributed by atoms with Crippen molar-refractivity contribution in [1.82, 2.24) is 4.57 Å². The van der Waals surface area contributed by atoms with Gasteiger partial charge >= 0.3 is 0 Å². The average molecular weight is 411 g/mol. The summed E-state index contributed by atoms with van der Waals surface area (Å²) in [7, 11) is 0. The van der Waals surface area contributed by atoms with Gasteiger partial charge in [0.1, 0.15) is 0 Å². The van der Waals surface area contributed by atoms with E-state index in [2.05, 4.69) is 23.0 Å². The molecular weight excluding hydrogens is 399 g/mol. The molecule has 0 aliphatic carbocycles. The number of amides is 1. The number of halogens is 2. The van der Waals surface area contributed by atoms with Crippen molar-refractivity contribution < 1.29 is 4.79 Å². The molecule has 0 atom stereocenters.